The number of aliphatic imine (C=N–C) groups is 1. The molecule has 0 fully saturated rings. The Morgan fingerprint density at radius 3 is 2.62 bits per heavy atom. The standard InChI is InChI=1S/C13H21N3/c1-9(2)8-15-13(14)16-12-6-5-10(3)7-11(12)4/h5-7,9H,8H2,1-4H3,(H3,14,15,16). The molecule has 0 aliphatic heterocycles. The molecule has 0 bridgehead atoms. The van der Waals surface area contributed by atoms with E-state index in [1.807, 2.05) is 6.07 Å². The van der Waals surface area contributed by atoms with E-state index in [-0.39, 0.29) is 0 Å². The fourth-order valence-corrected chi connectivity index (χ4v) is 1.41. The minimum atomic E-state index is 0.487. The molecule has 0 aromatic heterocycles. The van der Waals surface area contributed by atoms with E-state index in [1.54, 1.807) is 0 Å². The summed E-state index contributed by atoms with van der Waals surface area (Å²) in [6, 6.07) is 6.21. The molecule has 3 nitrogen and oxygen atoms in total. The Morgan fingerprint density at radius 1 is 1.38 bits per heavy atom. The van der Waals surface area contributed by atoms with Gasteiger partial charge in [-0.3, -0.25) is 4.99 Å². The van der Waals surface area contributed by atoms with Gasteiger partial charge in [0.1, 0.15) is 0 Å². The van der Waals surface area contributed by atoms with Crippen LogP contribution in [0.15, 0.2) is 23.2 Å². The summed E-state index contributed by atoms with van der Waals surface area (Å²) >= 11 is 0. The molecule has 0 spiro atoms. The van der Waals surface area contributed by atoms with Crippen LogP contribution in [0.25, 0.3) is 0 Å². The Balaban J connectivity index is 2.69. The van der Waals surface area contributed by atoms with Crippen LogP contribution in [0.4, 0.5) is 5.69 Å². The molecule has 0 atom stereocenters. The third kappa shape index (κ3) is 3.93. The third-order valence-corrected chi connectivity index (χ3v) is 2.27. The maximum atomic E-state index is 5.80. The lowest BCUT2D eigenvalue weighted by atomic mass is 10.1. The van der Waals surface area contributed by atoms with Crippen LogP contribution >= 0.6 is 0 Å². The van der Waals surface area contributed by atoms with Gasteiger partial charge in [0, 0.05) is 12.2 Å². The first-order chi connectivity index (χ1) is 7.49. The topological polar surface area (TPSA) is 50.4 Å². The van der Waals surface area contributed by atoms with Gasteiger partial charge < -0.3 is 11.1 Å². The summed E-state index contributed by atoms with van der Waals surface area (Å²) < 4.78 is 0. The number of nitrogens with zero attached hydrogens (tertiary/aromatic N) is 1. The zero-order chi connectivity index (χ0) is 12.1. The number of guanidine groups is 1. The average molecular weight is 219 g/mol. The zero-order valence-electron chi connectivity index (χ0n) is 10.5. The summed E-state index contributed by atoms with van der Waals surface area (Å²) in [5.41, 5.74) is 9.26. The Labute approximate surface area is 97.8 Å². The van der Waals surface area contributed by atoms with E-state index in [2.05, 4.69) is 50.1 Å². The number of aryl methyl sites for hydroxylation is 2. The number of anilines is 1. The van der Waals surface area contributed by atoms with Crippen LogP contribution in [0.5, 0.6) is 0 Å². The molecule has 0 heterocycles. The van der Waals surface area contributed by atoms with Crippen molar-refractivity contribution in [2.75, 3.05) is 11.9 Å². The van der Waals surface area contributed by atoms with Crippen LogP contribution < -0.4 is 11.1 Å². The van der Waals surface area contributed by atoms with E-state index in [1.165, 1.54) is 11.1 Å². The van der Waals surface area contributed by atoms with Crippen molar-refractivity contribution < 1.29 is 0 Å². The van der Waals surface area contributed by atoms with Crippen LogP contribution in [0.3, 0.4) is 0 Å². The summed E-state index contributed by atoms with van der Waals surface area (Å²) in [4.78, 5) is 4.27. The van der Waals surface area contributed by atoms with Gasteiger partial charge in [-0.05, 0) is 31.4 Å². The highest BCUT2D eigenvalue weighted by Gasteiger charge is 2.00. The first kappa shape index (κ1) is 12.6. The highest BCUT2D eigenvalue weighted by atomic mass is 15.1. The first-order valence-corrected chi connectivity index (χ1v) is 5.63. The van der Waals surface area contributed by atoms with Crippen LogP contribution in [0, 0.1) is 19.8 Å². The van der Waals surface area contributed by atoms with Gasteiger partial charge in [-0.25, -0.2) is 0 Å². The SMILES string of the molecule is Cc1ccc(NC(N)=NCC(C)C)c(C)c1. The zero-order valence-corrected chi connectivity index (χ0v) is 10.5. The molecule has 16 heavy (non-hydrogen) atoms. The van der Waals surface area contributed by atoms with E-state index < -0.39 is 0 Å². The predicted molar refractivity (Wildman–Crippen MR) is 70.9 cm³/mol. The van der Waals surface area contributed by atoms with E-state index in [0.29, 0.717) is 11.9 Å². The van der Waals surface area contributed by atoms with Crippen LogP contribution in [-0.2, 0) is 0 Å². The van der Waals surface area contributed by atoms with Crippen molar-refractivity contribution in [2.24, 2.45) is 16.6 Å². The fraction of sp³-hybridized carbons (Fsp3) is 0.462. The van der Waals surface area contributed by atoms with Gasteiger partial charge in [0.15, 0.2) is 5.96 Å². The molecular formula is C13H21N3. The van der Waals surface area contributed by atoms with E-state index >= 15 is 0 Å². The highest BCUT2D eigenvalue weighted by molar-refractivity contribution is 5.92. The molecule has 0 aliphatic carbocycles. The molecule has 0 unspecified atom stereocenters. The minimum Gasteiger partial charge on any atom is -0.370 e. The van der Waals surface area contributed by atoms with Crippen molar-refractivity contribution in [1.29, 1.82) is 0 Å². The molecule has 0 aliphatic rings. The van der Waals surface area contributed by atoms with Gasteiger partial charge in [0.2, 0.25) is 0 Å². The summed E-state index contributed by atoms with van der Waals surface area (Å²) in [7, 11) is 0. The molecule has 1 aromatic carbocycles. The van der Waals surface area contributed by atoms with Gasteiger partial charge in [0.25, 0.3) is 0 Å². The molecule has 3 N–H and O–H groups in total. The molecule has 0 amide bonds. The number of hydrogen-bond donors (Lipinski definition) is 2. The van der Waals surface area contributed by atoms with Crippen molar-refractivity contribution in [3.05, 3.63) is 29.3 Å². The van der Waals surface area contributed by atoms with Crippen molar-refractivity contribution in [2.45, 2.75) is 27.7 Å². The number of rotatable bonds is 3. The van der Waals surface area contributed by atoms with E-state index in [0.717, 1.165) is 12.2 Å². The smallest absolute Gasteiger partial charge is 0.193 e. The summed E-state index contributed by atoms with van der Waals surface area (Å²) in [6.45, 7) is 9.13. The molecule has 0 radical (unpaired) electrons. The number of hydrogen-bond acceptors (Lipinski definition) is 1. The van der Waals surface area contributed by atoms with Crippen LogP contribution in [0.2, 0.25) is 0 Å². The normalized spacial score (nSPS) is 11.9. The lowest BCUT2D eigenvalue weighted by Gasteiger charge is -2.10. The maximum Gasteiger partial charge on any atom is 0.193 e. The van der Waals surface area contributed by atoms with Gasteiger partial charge in [-0.1, -0.05) is 31.5 Å². The van der Waals surface area contributed by atoms with Gasteiger partial charge in [-0.15, -0.1) is 0 Å². The fourth-order valence-electron chi connectivity index (χ4n) is 1.41. The first-order valence-electron chi connectivity index (χ1n) is 5.63. The molecule has 88 valence electrons. The second kappa shape index (κ2) is 5.54. The number of nitrogens with one attached hydrogen (secondary N) is 1. The lowest BCUT2D eigenvalue weighted by Crippen LogP contribution is -2.23. The Kier molecular flexibility index (Phi) is 4.35. The van der Waals surface area contributed by atoms with Gasteiger partial charge in [0.05, 0.1) is 0 Å². The van der Waals surface area contributed by atoms with Crippen LogP contribution in [-0.4, -0.2) is 12.5 Å². The van der Waals surface area contributed by atoms with Crippen molar-refractivity contribution in [1.82, 2.24) is 0 Å². The third-order valence-electron chi connectivity index (χ3n) is 2.27. The second-order valence-corrected chi connectivity index (χ2v) is 4.56. The highest BCUT2D eigenvalue weighted by Crippen LogP contribution is 2.15. The maximum absolute atomic E-state index is 5.80. The summed E-state index contributed by atoms with van der Waals surface area (Å²) in [6.07, 6.45) is 0. The largest absolute Gasteiger partial charge is 0.370 e. The van der Waals surface area contributed by atoms with Crippen molar-refractivity contribution >= 4 is 11.6 Å². The quantitative estimate of drug-likeness (QED) is 0.606. The number of benzene rings is 1. The number of nitrogens with two attached hydrogens (primary N) is 1. The average Bonchev–Trinajstić information content (AvgIpc) is 2.19. The van der Waals surface area contributed by atoms with Gasteiger partial charge >= 0.3 is 0 Å². The van der Waals surface area contributed by atoms with Gasteiger partial charge in [-0.2, -0.15) is 0 Å². The lowest BCUT2D eigenvalue weighted by molar-refractivity contribution is 0.665. The van der Waals surface area contributed by atoms with E-state index in [4.69, 9.17) is 5.73 Å². The van der Waals surface area contributed by atoms with Crippen LogP contribution in [0.1, 0.15) is 25.0 Å². The molecular weight excluding hydrogens is 198 g/mol. The molecule has 0 saturated heterocycles. The summed E-state index contributed by atoms with van der Waals surface area (Å²) in [5, 5.41) is 3.12. The molecule has 1 rings (SSSR count). The molecule has 1 aromatic rings. The Morgan fingerprint density at radius 2 is 2.06 bits per heavy atom. The second-order valence-electron chi connectivity index (χ2n) is 4.56. The summed E-state index contributed by atoms with van der Waals surface area (Å²) in [5.74, 6) is 1.01. The van der Waals surface area contributed by atoms with E-state index in [9.17, 15) is 0 Å². The monoisotopic (exact) mass is 219 g/mol. The Bertz CT molecular complexity index is 381. The molecule has 3 heteroatoms. The van der Waals surface area contributed by atoms with Crippen molar-refractivity contribution in [3.8, 4) is 0 Å². The Hall–Kier alpha value is -1.51. The predicted octanol–water partition coefficient (Wildman–Crippen LogP) is 2.69. The minimum absolute atomic E-state index is 0.487. The van der Waals surface area contributed by atoms with Crippen molar-refractivity contribution in [3.63, 3.8) is 0 Å². The molecule has 0 saturated carbocycles.